The van der Waals surface area contributed by atoms with Gasteiger partial charge >= 0.3 is 0 Å². The number of benzene rings is 1. The summed E-state index contributed by atoms with van der Waals surface area (Å²) >= 11 is 2.17. The molecule has 19 heavy (non-hydrogen) atoms. The van der Waals surface area contributed by atoms with E-state index in [9.17, 15) is 8.42 Å². The minimum atomic E-state index is -3.21. The molecule has 106 valence electrons. The van der Waals surface area contributed by atoms with Gasteiger partial charge in [-0.05, 0) is 53.8 Å². The zero-order chi connectivity index (χ0) is 13.9. The van der Waals surface area contributed by atoms with Gasteiger partial charge in [-0.2, -0.15) is 0 Å². The van der Waals surface area contributed by atoms with Gasteiger partial charge in [0.05, 0.1) is 23.9 Å². The van der Waals surface area contributed by atoms with Crippen molar-refractivity contribution in [2.45, 2.75) is 17.9 Å². The highest BCUT2D eigenvalue weighted by Gasteiger charge is 2.24. The van der Waals surface area contributed by atoms with Crippen LogP contribution in [-0.4, -0.2) is 51.4 Å². The van der Waals surface area contributed by atoms with Crippen LogP contribution in [-0.2, 0) is 14.6 Å². The molecule has 0 radical (unpaired) electrons. The van der Waals surface area contributed by atoms with Gasteiger partial charge < -0.3 is 4.74 Å². The summed E-state index contributed by atoms with van der Waals surface area (Å²) in [7, 11) is -3.21. The largest absolute Gasteiger partial charge is 0.379 e. The molecule has 0 aliphatic carbocycles. The fourth-order valence-corrected chi connectivity index (χ4v) is 4.13. The number of rotatable bonds is 4. The van der Waals surface area contributed by atoms with E-state index in [1.54, 1.807) is 12.1 Å². The van der Waals surface area contributed by atoms with Crippen LogP contribution in [0.3, 0.4) is 0 Å². The van der Waals surface area contributed by atoms with Crippen molar-refractivity contribution in [3.05, 3.63) is 27.8 Å². The van der Waals surface area contributed by atoms with Crippen molar-refractivity contribution in [1.82, 2.24) is 4.90 Å². The zero-order valence-electron chi connectivity index (χ0n) is 10.9. The summed E-state index contributed by atoms with van der Waals surface area (Å²) in [5, 5.41) is 0. The maximum absolute atomic E-state index is 12.3. The molecule has 0 amide bonds. The van der Waals surface area contributed by atoms with Gasteiger partial charge in [-0.25, -0.2) is 8.42 Å². The zero-order valence-corrected chi connectivity index (χ0v) is 13.9. The van der Waals surface area contributed by atoms with E-state index in [1.165, 1.54) is 0 Å². The van der Waals surface area contributed by atoms with E-state index in [0.717, 1.165) is 16.7 Å². The number of hydrogen-bond donors (Lipinski definition) is 0. The van der Waals surface area contributed by atoms with E-state index in [4.69, 9.17) is 4.74 Å². The lowest BCUT2D eigenvalue weighted by molar-refractivity contribution is 0.0243. The molecule has 0 bridgehead atoms. The number of sulfone groups is 1. The van der Waals surface area contributed by atoms with E-state index in [0.29, 0.717) is 18.1 Å². The monoisotopic (exact) mass is 395 g/mol. The van der Waals surface area contributed by atoms with Crippen molar-refractivity contribution in [2.75, 3.05) is 32.1 Å². The first-order chi connectivity index (χ1) is 8.99. The molecule has 0 N–H and O–H groups in total. The van der Waals surface area contributed by atoms with Crippen LogP contribution in [0.2, 0.25) is 0 Å². The van der Waals surface area contributed by atoms with Crippen molar-refractivity contribution >= 4 is 32.4 Å². The van der Waals surface area contributed by atoms with Crippen LogP contribution in [0.5, 0.6) is 0 Å². The third kappa shape index (κ3) is 4.14. The van der Waals surface area contributed by atoms with Crippen LogP contribution < -0.4 is 0 Å². The maximum atomic E-state index is 12.3. The van der Waals surface area contributed by atoms with Gasteiger partial charge in [0.1, 0.15) is 0 Å². The topological polar surface area (TPSA) is 46.6 Å². The first-order valence-corrected chi connectivity index (χ1v) is 9.02. The Balaban J connectivity index is 2.05. The standard InChI is InChI=1S/C13H18INO3S/c1-11(15-6-8-18-9-7-15)10-19(16,17)13-4-2-12(14)3-5-13/h2-5,11H,6-10H2,1H3/t11-/m0/s1. The summed E-state index contributed by atoms with van der Waals surface area (Å²) in [4.78, 5) is 2.58. The lowest BCUT2D eigenvalue weighted by Crippen LogP contribution is -2.45. The van der Waals surface area contributed by atoms with Crippen LogP contribution in [0, 0.1) is 3.57 Å². The van der Waals surface area contributed by atoms with Crippen molar-refractivity contribution in [1.29, 1.82) is 0 Å². The molecule has 2 rings (SSSR count). The molecular formula is C13H18INO3S. The highest BCUT2D eigenvalue weighted by atomic mass is 127. The van der Waals surface area contributed by atoms with Gasteiger partial charge in [0, 0.05) is 22.7 Å². The number of halogens is 1. The van der Waals surface area contributed by atoms with Crippen LogP contribution in [0.1, 0.15) is 6.92 Å². The number of ether oxygens (including phenoxy) is 1. The summed E-state index contributed by atoms with van der Waals surface area (Å²) in [6, 6.07) is 7.04. The molecule has 1 aliphatic rings. The molecule has 1 aromatic rings. The van der Waals surface area contributed by atoms with Crippen LogP contribution in [0.4, 0.5) is 0 Å². The second kappa shape index (κ2) is 6.51. The molecule has 0 unspecified atom stereocenters. The summed E-state index contributed by atoms with van der Waals surface area (Å²) in [6.45, 7) is 4.96. The maximum Gasteiger partial charge on any atom is 0.179 e. The predicted octanol–water partition coefficient (Wildman–Crippen LogP) is 1.79. The van der Waals surface area contributed by atoms with E-state index in [2.05, 4.69) is 27.5 Å². The molecule has 1 atom stereocenters. The first-order valence-electron chi connectivity index (χ1n) is 6.29. The quantitative estimate of drug-likeness (QED) is 0.730. The third-order valence-electron chi connectivity index (χ3n) is 3.30. The van der Waals surface area contributed by atoms with Gasteiger partial charge in [-0.15, -0.1) is 0 Å². The smallest absolute Gasteiger partial charge is 0.179 e. The van der Waals surface area contributed by atoms with Gasteiger partial charge in [-0.3, -0.25) is 4.90 Å². The minimum absolute atomic E-state index is 0.0215. The molecular weight excluding hydrogens is 377 g/mol. The third-order valence-corrected chi connectivity index (χ3v) is 5.93. The Morgan fingerprint density at radius 1 is 1.26 bits per heavy atom. The lowest BCUT2D eigenvalue weighted by Gasteiger charge is -2.32. The van der Waals surface area contributed by atoms with E-state index < -0.39 is 9.84 Å². The normalized spacial score (nSPS) is 19.3. The second-order valence-corrected chi connectivity index (χ2v) is 8.01. The van der Waals surface area contributed by atoms with Crippen molar-refractivity contribution < 1.29 is 13.2 Å². The molecule has 1 fully saturated rings. The average Bonchev–Trinajstić information content (AvgIpc) is 2.40. The van der Waals surface area contributed by atoms with E-state index in [-0.39, 0.29) is 11.8 Å². The van der Waals surface area contributed by atoms with Gasteiger partial charge in [0.15, 0.2) is 9.84 Å². The Hall–Kier alpha value is -0.180. The highest BCUT2D eigenvalue weighted by molar-refractivity contribution is 14.1. The Morgan fingerprint density at radius 3 is 2.42 bits per heavy atom. The Bertz CT molecular complexity index is 509. The average molecular weight is 395 g/mol. The summed E-state index contributed by atoms with van der Waals surface area (Å²) in [5.74, 6) is 0.160. The highest BCUT2D eigenvalue weighted by Crippen LogP contribution is 2.16. The van der Waals surface area contributed by atoms with Gasteiger partial charge in [-0.1, -0.05) is 0 Å². The Kier molecular flexibility index (Phi) is 5.22. The van der Waals surface area contributed by atoms with E-state index >= 15 is 0 Å². The summed E-state index contributed by atoms with van der Waals surface area (Å²) in [6.07, 6.45) is 0. The fourth-order valence-electron chi connectivity index (χ4n) is 2.18. The molecule has 1 saturated heterocycles. The van der Waals surface area contributed by atoms with Crippen molar-refractivity contribution in [2.24, 2.45) is 0 Å². The van der Waals surface area contributed by atoms with Gasteiger partial charge in [0.2, 0.25) is 0 Å². The van der Waals surface area contributed by atoms with E-state index in [1.807, 2.05) is 19.1 Å². The van der Waals surface area contributed by atoms with Crippen molar-refractivity contribution in [3.8, 4) is 0 Å². The molecule has 0 aromatic heterocycles. The molecule has 4 nitrogen and oxygen atoms in total. The molecule has 0 saturated carbocycles. The molecule has 1 aromatic carbocycles. The second-order valence-electron chi connectivity index (χ2n) is 4.73. The Morgan fingerprint density at radius 2 is 1.84 bits per heavy atom. The summed E-state index contributed by atoms with van der Waals surface area (Å²) < 4.78 is 31.0. The van der Waals surface area contributed by atoms with Crippen LogP contribution >= 0.6 is 22.6 Å². The molecule has 1 aliphatic heterocycles. The minimum Gasteiger partial charge on any atom is -0.379 e. The lowest BCUT2D eigenvalue weighted by atomic mass is 10.3. The number of morpholine rings is 1. The van der Waals surface area contributed by atoms with Gasteiger partial charge in [0.25, 0.3) is 0 Å². The number of hydrogen-bond acceptors (Lipinski definition) is 4. The fraction of sp³-hybridized carbons (Fsp3) is 0.538. The molecule has 1 heterocycles. The van der Waals surface area contributed by atoms with Crippen molar-refractivity contribution in [3.63, 3.8) is 0 Å². The number of nitrogens with zero attached hydrogens (tertiary/aromatic N) is 1. The molecule has 6 heteroatoms. The molecule has 0 spiro atoms. The SMILES string of the molecule is C[C@@H](CS(=O)(=O)c1ccc(I)cc1)N1CCOCC1. The Labute approximate surface area is 128 Å². The van der Waals surface area contributed by atoms with Crippen LogP contribution in [0.15, 0.2) is 29.2 Å². The predicted molar refractivity (Wildman–Crippen MR) is 83.1 cm³/mol. The first kappa shape index (κ1) is 15.2. The van der Waals surface area contributed by atoms with Crippen LogP contribution in [0.25, 0.3) is 0 Å². The summed E-state index contributed by atoms with van der Waals surface area (Å²) in [5.41, 5.74) is 0.